The highest BCUT2D eigenvalue weighted by atomic mass is 19.3. The van der Waals surface area contributed by atoms with Gasteiger partial charge in [0.2, 0.25) is 0 Å². The number of carboxylic acid groups (broad SMARTS) is 1. The number of fused-ring (bicyclic) bond motifs is 8. The van der Waals surface area contributed by atoms with Gasteiger partial charge in [-0.2, -0.15) is 0 Å². The molecule has 0 spiro atoms. The fourth-order valence-corrected chi connectivity index (χ4v) is 3.86. The first-order valence-electron chi connectivity index (χ1n) is 7.72. The zero-order valence-electron chi connectivity index (χ0n) is 12.5. The topological polar surface area (TPSA) is 49.8 Å². The van der Waals surface area contributed by atoms with E-state index in [4.69, 9.17) is 9.84 Å². The number of benzene rings is 2. The number of carboxylic acids is 1. The molecule has 2 aromatic rings. The summed E-state index contributed by atoms with van der Waals surface area (Å²) in [6.45, 7) is -0.527. The van der Waals surface area contributed by atoms with E-state index in [1.54, 1.807) is 23.1 Å². The normalized spacial score (nSPS) is 25.2. The van der Waals surface area contributed by atoms with Crippen molar-refractivity contribution in [2.24, 2.45) is 0 Å². The van der Waals surface area contributed by atoms with Crippen LogP contribution in [0.1, 0.15) is 44.8 Å². The van der Waals surface area contributed by atoms with Crippen LogP contribution in [0.3, 0.4) is 0 Å². The second-order valence-corrected chi connectivity index (χ2v) is 6.57. The highest BCUT2D eigenvalue weighted by molar-refractivity contribution is 5.88. The molecule has 1 saturated heterocycles. The third kappa shape index (κ3) is 1.77. The molecule has 1 fully saturated rings. The summed E-state index contributed by atoms with van der Waals surface area (Å²) in [5, 5.41) is 9.17. The van der Waals surface area contributed by atoms with Gasteiger partial charge in [0.25, 0.3) is 5.92 Å². The number of alkyl halides is 2. The van der Waals surface area contributed by atoms with Gasteiger partial charge in [-0.15, -0.1) is 0 Å². The Kier molecular flexibility index (Phi) is 2.51. The minimum Gasteiger partial charge on any atom is -0.478 e. The van der Waals surface area contributed by atoms with E-state index < -0.39 is 11.9 Å². The lowest BCUT2D eigenvalue weighted by Crippen LogP contribution is -2.56. The van der Waals surface area contributed by atoms with E-state index in [1.807, 2.05) is 18.2 Å². The Morgan fingerprint density at radius 1 is 1.04 bits per heavy atom. The van der Waals surface area contributed by atoms with Crippen LogP contribution in [0.2, 0.25) is 0 Å². The lowest BCUT2D eigenvalue weighted by Gasteiger charge is -2.40. The van der Waals surface area contributed by atoms with Crippen molar-refractivity contribution in [2.45, 2.75) is 18.1 Å². The van der Waals surface area contributed by atoms with E-state index in [9.17, 15) is 13.6 Å². The fraction of sp³-hybridized carbons (Fsp3) is 0.278. The lowest BCUT2D eigenvalue weighted by molar-refractivity contribution is -0.0262. The van der Waals surface area contributed by atoms with Gasteiger partial charge >= 0.3 is 5.97 Å². The summed E-state index contributed by atoms with van der Waals surface area (Å²) in [4.78, 5) is 12.8. The van der Waals surface area contributed by atoms with Gasteiger partial charge in [-0.25, -0.2) is 13.6 Å². The van der Waals surface area contributed by atoms with Gasteiger partial charge in [0, 0.05) is 5.69 Å². The van der Waals surface area contributed by atoms with Crippen LogP contribution in [0.15, 0.2) is 36.4 Å². The first-order chi connectivity index (χ1) is 11.4. The third-order valence-electron chi connectivity index (χ3n) is 5.02. The Labute approximate surface area is 136 Å². The third-order valence-corrected chi connectivity index (χ3v) is 5.02. The molecular weight excluding hydrogens is 316 g/mol. The van der Waals surface area contributed by atoms with Crippen molar-refractivity contribution in [3.05, 3.63) is 64.2 Å². The van der Waals surface area contributed by atoms with E-state index in [1.165, 1.54) is 0 Å². The van der Waals surface area contributed by atoms with E-state index >= 15 is 0 Å². The summed E-state index contributed by atoms with van der Waals surface area (Å²) in [6, 6.07) is 10.7. The van der Waals surface area contributed by atoms with Crippen molar-refractivity contribution < 1.29 is 23.4 Å². The summed E-state index contributed by atoms with van der Waals surface area (Å²) >= 11 is 0. The summed E-state index contributed by atoms with van der Waals surface area (Å²) in [6.07, 6.45) is -0.518. The van der Waals surface area contributed by atoms with Gasteiger partial charge in [-0.1, -0.05) is 12.1 Å². The molecule has 2 bridgehead atoms. The summed E-state index contributed by atoms with van der Waals surface area (Å²) in [5.41, 5.74) is 4.81. The number of hydrogen-bond donors (Lipinski definition) is 1. The Bertz CT molecular complexity index is 888. The van der Waals surface area contributed by atoms with Crippen LogP contribution >= 0.6 is 0 Å². The number of rotatable bonds is 2. The zero-order chi connectivity index (χ0) is 16.6. The minimum absolute atomic E-state index is 0.199. The first-order valence-corrected chi connectivity index (χ1v) is 7.72. The second kappa shape index (κ2) is 4.33. The van der Waals surface area contributed by atoms with Crippen LogP contribution < -0.4 is 4.90 Å². The zero-order valence-corrected chi connectivity index (χ0v) is 12.5. The molecule has 5 rings (SSSR count). The van der Waals surface area contributed by atoms with Crippen LogP contribution in [0, 0.1) is 0 Å². The van der Waals surface area contributed by atoms with Crippen LogP contribution in [0.5, 0.6) is 0 Å². The highest BCUT2D eigenvalue weighted by Gasteiger charge is 2.46. The number of halogens is 2. The molecule has 1 N–H and O–H groups in total. The maximum absolute atomic E-state index is 13.1. The van der Waals surface area contributed by atoms with Crippen molar-refractivity contribution in [3.8, 4) is 0 Å². The number of nitrogens with zero attached hydrogens (tertiary/aromatic N) is 1. The van der Waals surface area contributed by atoms with Gasteiger partial charge in [-0.05, 0) is 46.5 Å². The van der Waals surface area contributed by atoms with Gasteiger partial charge in [0.1, 0.15) is 12.2 Å². The fourth-order valence-electron chi connectivity index (χ4n) is 3.86. The van der Waals surface area contributed by atoms with Gasteiger partial charge in [0.15, 0.2) is 0 Å². The molecular formula is C18H13F2NO3. The maximum atomic E-state index is 13.1. The van der Waals surface area contributed by atoms with Crippen LogP contribution in [0.4, 0.5) is 14.5 Å². The molecule has 0 amide bonds. The maximum Gasteiger partial charge on any atom is 0.335 e. The second-order valence-electron chi connectivity index (χ2n) is 6.57. The standard InChI is InChI=1S/C18H13F2NO3/c19-18(20)7-21(8-18)10-2-4-12-14(6-10)16-13-5-9(17(22)23)1-3-11(13)15(12)24-16/h1-6,15-16H,7-8H2,(H,22,23)/t15-,16+/m1/s1. The molecule has 122 valence electrons. The van der Waals surface area contributed by atoms with Crippen molar-refractivity contribution in [2.75, 3.05) is 18.0 Å². The molecule has 3 aliphatic heterocycles. The predicted molar refractivity (Wildman–Crippen MR) is 81.8 cm³/mol. The molecule has 0 saturated carbocycles. The Morgan fingerprint density at radius 3 is 2.33 bits per heavy atom. The van der Waals surface area contributed by atoms with Crippen LogP contribution in [0.25, 0.3) is 0 Å². The molecule has 24 heavy (non-hydrogen) atoms. The first kappa shape index (κ1) is 13.9. The van der Waals surface area contributed by atoms with Crippen LogP contribution in [-0.2, 0) is 4.74 Å². The van der Waals surface area contributed by atoms with E-state index in [2.05, 4.69) is 0 Å². The van der Waals surface area contributed by atoms with Crippen molar-refractivity contribution >= 4 is 11.7 Å². The number of ether oxygens (including phenoxy) is 1. The molecule has 4 nitrogen and oxygen atoms in total. The number of aromatic carboxylic acids is 1. The molecule has 0 unspecified atom stereocenters. The Morgan fingerprint density at radius 2 is 1.67 bits per heavy atom. The molecule has 0 aliphatic carbocycles. The van der Waals surface area contributed by atoms with E-state index in [0.29, 0.717) is 0 Å². The molecule has 6 heteroatoms. The Hall–Kier alpha value is -2.47. The number of carbonyl (C=O) groups is 1. The number of anilines is 1. The van der Waals surface area contributed by atoms with E-state index in [-0.39, 0.29) is 30.9 Å². The quantitative estimate of drug-likeness (QED) is 0.918. The molecule has 0 radical (unpaired) electrons. The summed E-state index contributed by atoms with van der Waals surface area (Å²) < 4.78 is 32.2. The Balaban J connectivity index is 1.53. The SMILES string of the molecule is O=C(O)c1ccc2c(c1)[C@@H]1O[C@H]2c2ccc(N3CC(F)(F)C3)cc21. The van der Waals surface area contributed by atoms with Gasteiger partial charge in [-0.3, -0.25) is 0 Å². The van der Waals surface area contributed by atoms with E-state index in [0.717, 1.165) is 27.9 Å². The molecule has 2 atom stereocenters. The van der Waals surface area contributed by atoms with Crippen molar-refractivity contribution in [1.82, 2.24) is 0 Å². The van der Waals surface area contributed by atoms with Crippen LogP contribution in [-0.4, -0.2) is 30.1 Å². The predicted octanol–water partition coefficient (Wildman–Crippen LogP) is 3.36. The van der Waals surface area contributed by atoms with Gasteiger partial charge in [0.05, 0.1) is 18.7 Å². The summed E-state index contributed by atoms with van der Waals surface area (Å²) in [5.74, 6) is -3.59. The molecule has 2 aromatic carbocycles. The molecule has 3 aliphatic rings. The average Bonchev–Trinajstić information content (AvgIpc) is 3.08. The minimum atomic E-state index is -2.61. The van der Waals surface area contributed by atoms with Crippen molar-refractivity contribution in [3.63, 3.8) is 0 Å². The van der Waals surface area contributed by atoms with Gasteiger partial charge < -0.3 is 14.7 Å². The molecule has 0 aromatic heterocycles. The summed E-state index contributed by atoms with van der Waals surface area (Å²) in [7, 11) is 0. The number of hydrogen-bond acceptors (Lipinski definition) is 3. The van der Waals surface area contributed by atoms with Crippen molar-refractivity contribution in [1.29, 1.82) is 0 Å². The largest absolute Gasteiger partial charge is 0.478 e. The average molecular weight is 329 g/mol. The lowest BCUT2D eigenvalue weighted by atomic mass is 9.85. The monoisotopic (exact) mass is 329 g/mol. The highest BCUT2D eigenvalue weighted by Crippen LogP contribution is 2.55. The molecule has 3 heterocycles. The smallest absolute Gasteiger partial charge is 0.335 e.